The van der Waals surface area contributed by atoms with Crippen molar-refractivity contribution in [3.63, 3.8) is 0 Å². The van der Waals surface area contributed by atoms with E-state index in [2.05, 4.69) is 43.2 Å². The number of hydrogen-bond acceptors (Lipinski definition) is 1. The fraction of sp³-hybridized carbons (Fsp3) is 0.357. The molecule has 0 fully saturated rings. The first-order valence-electron chi connectivity index (χ1n) is 5.89. The number of hydrogen-bond donors (Lipinski definition) is 0. The topological polar surface area (TPSA) is 17.8 Å². The van der Waals surface area contributed by atoms with Crippen molar-refractivity contribution in [2.45, 2.75) is 33.7 Å². The number of rotatable bonds is 3. The molecule has 0 bridgehead atoms. The Morgan fingerprint density at radius 2 is 1.82 bits per heavy atom. The standard InChI is InChI=1S/C14H17ClN2/c1-4-13-11(3)16-17(14(13)15)9-12-7-5-10(2)6-8-12/h5-8H,4,9H2,1-3H3. The molecule has 2 aromatic rings. The molecule has 3 heteroatoms. The Morgan fingerprint density at radius 3 is 2.35 bits per heavy atom. The Kier molecular flexibility index (Phi) is 3.53. The normalized spacial score (nSPS) is 10.8. The first-order valence-corrected chi connectivity index (χ1v) is 6.27. The summed E-state index contributed by atoms with van der Waals surface area (Å²) < 4.78 is 1.88. The molecule has 0 saturated carbocycles. The minimum absolute atomic E-state index is 0.736. The summed E-state index contributed by atoms with van der Waals surface area (Å²) in [5, 5.41) is 5.25. The summed E-state index contributed by atoms with van der Waals surface area (Å²) in [6.45, 7) is 6.94. The van der Waals surface area contributed by atoms with Crippen molar-refractivity contribution in [1.29, 1.82) is 0 Å². The summed E-state index contributed by atoms with van der Waals surface area (Å²) >= 11 is 6.31. The minimum atomic E-state index is 0.736. The van der Waals surface area contributed by atoms with E-state index >= 15 is 0 Å². The predicted octanol–water partition coefficient (Wildman–Crippen LogP) is 3.76. The predicted molar refractivity (Wildman–Crippen MR) is 71.6 cm³/mol. The van der Waals surface area contributed by atoms with Crippen molar-refractivity contribution in [3.05, 3.63) is 51.8 Å². The van der Waals surface area contributed by atoms with Crippen molar-refractivity contribution in [2.75, 3.05) is 0 Å². The molecule has 2 rings (SSSR count). The molecule has 0 N–H and O–H groups in total. The monoisotopic (exact) mass is 248 g/mol. The average molecular weight is 249 g/mol. The van der Waals surface area contributed by atoms with E-state index in [0.29, 0.717) is 0 Å². The third-order valence-corrected chi connectivity index (χ3v) is 3.41. The smallest absolute Gasteiger partial charge is 0.130 e. The van der Waals surface area contributed by atoms with Crippen LogP contribution in [-0.4, -0.2) is 9.78 Å². The maximum absolute atomic E-state index is 6.31. The highest BCUT2D eigenvalue weighted by Crippen LogP contribution is 2.21. The van der Waals surface area contributed by atoms with E-state index in [9.17, 15) is 0 Å². The van der Waals surface area contributed by atoms with Crippen molar-refractivity contribution >= 4 is 11.6 Å². The fourth-order valence-electron chi connectivity index (χ4n) is 1.96. The molecule has 0 radical (unpaired) electrons. The molecule has 90 valence electrons. The molecule has 2 nitrogen and oxygen atoms in total. The van der Waals surface area contributed by atoms with Crippen LogP contribution < -0.4 is 0 Å². The van der Waals surface area contributed by atoms with Crippen molar-refractivity contribution in [3.8, 4) is 0 Å². The van der Waals surface area contributed by atoms with Gasteiger partial charge in [0.05, 0.1) is 12.2 Å². The molecule has 1 aromatic carbocycles. The fourth-order valence-corrected chi connectivity index (χ4v) is 2.33. The van der Waals surface area contributed by atoms with Crippen LogP contribution in [0.3, 0.4) is 0 Å². The van der Waals surface area contributed by atoms with E-state index in [1.165, 1.54) is 11.1 Å². The van der Waals surface area contributed by atoms with Crippen LogP contribution in [0.5, 0.6) is 0 Å². The minimum Gasteiger partial charge on any atom is -0.249 e. The Balaban J connectivity index is 2.27. The molecule has 0 aliphatic carbocycles. The zero-order valence-electron chi connectivity index (χ0n) is 10.5. The van der Waals surface area contributed by atoms with E-state index in [1.54, 1.807) is 0 Å². The van der Waals surface area contributed by atoms with E-state index in [1.807, 2.05) is 11.6 Å². The zero-order valence-corrected chi connectivity index (χ0v) is 11.3. The second-order valence-electron chi connectivity index (χ2n) is 4.35. The van der Waals surface area contributed by atoms with Gasteiger partial charge in [0, 0.05) is 5.56 Å². The molecule has 0 spiro atoms. The molecule has 1 aromatic heterocycles. The number of benzene rings is 1. The zero-order chi connectivity index (χ0) is 12.4. The van der Waals surface area contributed by atoms with Crippen molar-refractivity contribution < 1.29 is 0 Å². The third-order valence-electron chi connectivity index (χ3n) is 2.99. The number of aromatic nitrogens is 2. The first kappa shape index (κ1) is 12.2. The highest BCUT2D eigenvalue weighted by Gasteiger charge is 2.11. The number of nitrogens with zero attached hydrogens (tertiary/aromatic N) is 2. The molecule has 0 aliphatic rings. The van der Waals surface area contributed by atoms with Crippen LogP contribution in [0.15, 0.2) is 24.3 Å². The summed E-state index contributed by atoms with van der Waals surface area (Å²) in [5.74, 6) is 0. The maximum Gasteiger partial charge on any atom is 0.130 e. The Hall–Kier alpha value is -1.28. The first-order chi connectivity index (χ1) is 8.11. The summed E-state index contributed by atoms with van der Waals surface area (Å²) in [6.07, 6.45) is 0.929. The Labute approximate surface area is 107 Å². The van der Waals surface area contributed by atoms with Gasteiger partial charge in [0.25, 0.3) is 0 Å². The third kappa shape index (κ3) is 2.52. The lowest BCUT2D eigenvalue weighted by atomic mass is 10.1. The quantitative estimate of drug-likeness (QED) is 0.809. The van der Waals surface area contributed by atoms with Gasteiger partial charge in [-0.05, 0) is 25.8 Å². The molecule has 0 unspecified atom stereocenters. The van der Waals surface area contributed by atoms with Crippen LogP contribution in [0.25, 0.3) is 0 Å². The highest BCUT2D eigenvalue weighted by molar-refractivity contribution is 6.30. The summed E-state index contributed by atoms with van der Waals surface area (Å²) in [4.78, 5) is 0. The molecule has 0 atom stereocenters. The van der Waals surface area contributed by atoms with Gasteiger partial charge in [-0.2, -0.15) is 5.10 Å². The second kappa shape index (κ2) is 4.92. The second-order valence-corrected chi connectivity index (χ2v) is 4.71. The molecule has 0 aliphatic heterocycles. The molecular formula is C14H17ClN2. The molecule has 1 heterocycles. The molecule has 0 saturated heterocycles. The molecular weight excluding hydrogens is 232 g/mol. The van der Waals surface area contributed by atoms with Crippen molar-refractivity contribution in [1.82, 2.24) is 9.78 Å². The van der Waals surface area contributed by atoms with Gasteiger partial charge in [-0.1, -0.05) is 48.4 Å². The lowest BCUT2D eigenvalue weighted by molar-refractivity contribution is 0.680. The van der Waals surface area contributed by atoms with E-state index in [4.69, 9.17) is 11.6 Å². The van der Waals surface area contributed by atoms with Gasteiger partial charge in [0.2, 0.25) is 0 Å². The largest absolute Gasteiger partial charge is 0.249 e. The van der Waals surface area contributed by atoms with Gasteiger partial charge in [0.15, 0.2) is 0 Å². The molecule has 0 amide bonds. The van der Waals surface area contributed by atoms with Gasteiger partial charge in [-0.25, -0.2) is 4.68 Å². The van der Waals surface area contributed by atoms with Crippen LogP contribution >= 0.6 is 11.6 Å². The number of aryl methyl sites for hydroxylation is 2. The van der Waals surface area contributed by atoms with Gasteiger partial charge in [0.1, 0.15) is 5.15 Å². The summed E-state index contributed by atoms with van der Waals surface area (Å²) in [6, 6.07) is 8.46. The lowest BCUT2D eigenvalue weighted by Crippen LogP contribution is -2.02. The van der Waals surface area contributed by atoms with E-state index in [0.717, 1.165) is 29.4 Å². The van der Waals surface area contributed by atoms with Gasteiger partial charge in [-0.15, -0.1) is 0 Å². The lowest BCUT2D eigenvalue weighted by Gasteiger charge is -2.04. The van der Waals surface area contributed by atoms with Crippen molar-refractivity contribution in [2.24, 2.45) is 0 Å². The summed E-state index contributed by atoms with van der Waals surface area (Å²) in [5.41, 5.74) is 4.68. The van der Waals surface area contributed by atoms with Crippen LogP contribution in [0.2, 0.25) is 5.15 Å². The van der Waals surface area contributed by atoms with Gasteiger partial charge in [-0.3, -0.25) is 0 Å². The van der Waals surface area contributed by atoms with Crippen LogP contribution in [0.1, 0.15) is 29.3 Å². The Morgan fingerprint density at radius 1 is 1.18 bits per heavy atom. The number of halogens is 1. The van der Waals surface area contributed by atoms with Crippen LogP contribution in [-0.2, 0) is 13.0 Å². The summed E-state index contributed by atoms with van der Waals surface area (Å²) in [7, 11) is 0. The van der Waals surface area contributed by atoms with Crippen LogP contribution in [0, 0.1) is 13.8 Å². The SMILES string of the molecule is CCc1c(C)nn(Cc2ccc(C)cc2)c1Cl. The Bertz CT molecular complexity index is 512. The van der Waals surface area contributed by atoms with Gasteiger partial charge >= 0.3 is 0 Å². The van der Waals surface area contributed by atoms with Gasteiger partial charge < -0.3 is 0 Å². The van der Waals surface area contributed by atoms with E-state index < -0.39 is 0 Å². The average Bonchev–Trinajstić information content (AvgIpc) is 2.57. The molecule has 17 heavy (non-hydrogen) atoms. The van der Waals surface area contributed by atoms with Crippen LogP contribution in [0.4, 0.5) is 0 Å². The maximum atomic E-state index is 6.31. The highest BCUT2D eigenvalue weighted by atomic mass is 35.5. The van der Waals surface area contributed by atoms with E-state index in [-0.39, 0.29) is 0 Å².